The van der Waals surface area contributed by atoms with Crippen LogP contribution in [0.3, 0.4) is 0 Å². The first-order chi connectivity index (χ1) is 11.6. The van der Waals surface area contributed by atoms with Crippen molar-refractivity contribution in [3.05, 3.63) is 35.4 Å². The summed E-state index contributed by atoms with van der Waals surface area (Å²) in [6, 6.07) is 8.51. The number of ether oxygens (including phenoxy) is 1. The number of benzene rings is 1. The summed E-state index contributed by atoms with van der Waals surface area (Å²) < 4.78 is 5.55. The summed E-state index contributed by atoms with van der Waals surface area (Å²) in [4.78, 5) is 7.07. The van der Waals surface area contributed by atoms with E-state index in [4.69, 9.17) is 9.73 Å². The molecule has 0 unspecified atom stereocenters. The van der Waals surface area contributed by atoms with Gasteiger partial charge in [0.25, 0.3) is 0 Å². The summed E-state index contributed by atoms with van der Waals surface area (Å²) in [7, 11) is 4.31. The molecule has 1 aliphatic heterocycles. The predicted octanol–water partition coefficient (Wildman–Crippen LogP) is 2.78. The Balaban J connectivity index is 0.00000312. The topological polar surface area (TPSA) is 48.9 Å². The van der Waals surface area contributed by atoms with Crippen LogP contribution >= 0.6 is 24.0 Å². The van der Waals surface area contributed by atoms with E-state index >= 15 is 0 Å². The Morgan fingerprint density at radius 2 is 1.96 bits per heavy atom. The van der Waals surface area contributed by atoms with Crippen LogP contribution < -0.4 is 10.6 Å². The van der Waals surface area contributed by atoms with E-state index in [1.165, 1.54) is 11.1 Å². The molecule has 0 spiro atoms. The summed E-state index contributed by atoms with van der Waals surface area (Å²) in [5.74, 6) is 0.881. The maximum absolute atomic E-state index is 5.55. The Morgan fingerprint density at radius 3 is 2.56 bits per heavy atom. The van der Waals surface area contributed by atoms with Crippen LogP contribution in [-0.4, -0.2) is 56.8 Å². The number of nitrogens with zero attached hydrogens (tertiary/aromatic N) is 2. The van der Waals surface area contributed by atoms with Gasteiger partial charge in [0.1, 0.15) is 0 Å². The maximum atomic E-state index is 5.55. The molecule has 6 heteroatoms. The number of rotatable bonds is 6. The summed E-state index contributed by atoms with van der Waals surface area (Å²) in [5, 5.41) is 6.89. The van der Waals surface area contributed by atoms with Crippen molar-refractivity contribution in [2.45, 2.75) is 38.8 Å². The van der Waals surface area contributed by atoms with Crippen LogP contribution in [0.25, 0.3) is 0 Å². The molecular weight excluding hydrogens is 427 g/mol. The monoisotopic (exact) mass is 460 g/mol. The normalized spacial score (nSPS) is 17.1. The fraction of sp³-hybridized carbons (Fsp3) is 0.632. The number of hydrogen-bond acceptors (Lipinski definition) is 3. The van der Waals surface area contributed by atoms with E-state index in [0.29, 0.717) is 6.54 Å². The first kappa shape index (κ1) is 22.2. The smallest absolute Gasteiger partial charge is 0.191 e. The highest BCUT2D eigenvalue weighted by atomic mass is 127. The molecule has 2 rings (SSSR count). The lowest BCUT2D eigenvalue weighted by Gasteiger charge is -2.43. The molecule has 5 nitrogen and oxygen atoms in total. The summed E-state index contributed by atoms with van der Waals surface area (Å²) >= 11 is 0. The molecule has 25 heavy (non-hydrogen) atoms. The minimum absolute atomic E-state index is 0. The number of halogens is 1. The van der Waals surface area contributed by atoms with E-state index in [-0.39, 0.29) is 29.5 Å². The molecular formula is C19H33IN4O. The average molecular weight is 460 g/mol. The number of nitrogens with one attached hydrogen (secondary N) is 2. The van der Waals surface area contributed by atoms with E-state index in [1.807, 2.05) is 0 Å². The molecule has 1 aliphatic rings. The van der Waals surface area contributed by atoms with Crippen LogP contribution in [0.2, 0.25) is 0 Å². The van der Waals surface area contributed by atoms with E-state index in [0.717, 1.165) is 45.1 Å². The van der Waals surface area contributed by atoms with Gasteiger partial charge in [0.15, 0.2) is 5.96 Å². The molecule has 1 aromatic rings. The van der Waals surface area contributed by atoms with Gasteiger partial charge in [-0.1, -0.05) is 29.8 Å². The van der Waals surface area contributed by atoms with Gasteiger partial charge >= 0.3 is 0 Å². The third kappa shape index (κ3) is 6.75. The predicted molar refractivity (Wildman–Crippen MR) is 116 cm³/mol. The van der Waals surface area contributed by atoms with Crippen LogP contribution in [0.15, 0.2) is 29.3 Å². The second kappa shape index (κ2) is 11.0. The SMILES string of the molecule is CCNC(=NCc1cccc(C)c1)NCC1(N(C)C)CCOCC1.I. The molecule has 1 saturated heterocycles. The fourth-order valence-corrected chi connectivity index (χ4v) is 3.10. The highest BCUT2D eigenvalue weighted by Crippen LogP contribution is 2.25. The van der Waals surface area contributed by atoms with Crippen molar-refractivity contribution in [2.24, 2.45) is 4.99 Å². The standard InChI is InChI=1S/C19H32N4O.HI/c1-5-20-18(21-14-17-8-6-7-16(2)13-17)22-15-19(23(3)4)9-11-24-12-10-19;/h6-8,13H,5,9-12,14-15H2,1-4H3,(H2,20,21,22);1H. The second-order valence-corrected chi connectivity index (χ2v) is 6.77. The summed E-state index contributed by atoms with van der Waals surface area (Å²) in [5.41, 5.74) is 2.65. The zero-order chi connectivity index (χ0) is 17.4. The Labute approximate surface area is 169 Å². The van der Waals surface area contributed by atoms with Crippen LogP contribution in [0, 0.1) is 6.92 Å². The van der Waals surface area contributed by atoms with Gasteiger partial charge in [0.2, 0.25) is 0 Å². The quantitative estimate of drug-likeness (QED) is 0.390. The second-order valence-electron chi connectivity index (χ2n) is 6.77. The van der Waals surface area contributed by atoms with Crippen molar-refractivity contribution in [1.82, 2.24) is 15.5 Å². The van der Waals surface area contributed by atoms with Gasteiger partial charge in [0.05, 0.1) is 6.54 Å². The Morgan fingerprint density at radius 1 is 1.24 bits per heavy atom. The van der Waals surface area contributed by atoms with Gasteiger partial charge in [-0.3, -0.25) is 0 Å². The molecule has 1 aromatic carbocycles. The number of hydrogen-bond donors (Lipinski definition) is 2. The maximum Gasteiger partial charge on any atom is 0.191 e. The third-order valence-corrected chi connectivity index (χ3v) is 4.80. The van der Waals surface area contributed by atoms with Crippen molar-refractivity contribution in [3.8, 4) is 0 Å². The average Bonchev–Trinajstić information content (AvgIpc) is 2.58. The lowest BCUT2D eigenvalue weighted by atomic mass is 9.88. The largest absolute Gasteiger partial charge is 0.381 e. The van der Waals surface area contributed by atoms with Crippen molar-refractivity contribution in [1.29, 1.82) is 0 Å². The van der Waals surface area contributed by atoms with Crippen molar-refractivity contribution < 1.29 is 4.74 Å². The Hall–Kier alpha value is -0.860. The van der Waals surface area contributed by atoms with Crippen molar-refractivity contribution in [3.63, 3.8) is 0 Å². The van der Waals surface area contributed by atoms with Gasteiger partial charge in [-0.2, -0.15) is 0 Å². The number of likely N-dealkylation sites (N-methyl/N-ethyl adjacent to an activating group) is 1. The first-order valence-electron chi connectivity index (χ1n) is 8.89. The highest BCUT2D eigenvalue weighted by Gasteiger charge is 2.34. The van der Waals surface area contributed by atoms with Crippen LogP contribution in [-0.2, 0) is 11.3 Å². The summed E-state index contributed by atoms with van der Waals surface area (Å²) in [6.45, 7) is 8.30. The van der Waals surface area contributed by atoms with Gasteiger partial charge in [-0.25, -0.2) is 4.99 Å². The first-order valence-corrected chi connectivity index (χ1v) is 8.89. The van der Waals surface area contributed by atoms with Crippen molar-refractivity contribution in [2.75, 3.05) is 40.4 Å². The highest BCUT2D eigenvalue weighted by molar-refractivity contribution is 14.0. The molecule has 2 N–H and O–H groups in total. The van der Waals surface area contributed by atoms with E-state index < -0.39 is 0 Å². The van der Waals surface area contributed by atoms with Crippen LogP contribution in [0.1, 0.15) is 30.9 Å². The zero-order valence-corrected chi connectivity index (χ0v) is 18.3. The van der Waals surface area contributed by atoms with E-state index in [1.54, 1.807) is 0 Å². The molecule has 0 bridgehead atoms. The molecule has 0 saturated carbocycles. The molecule has 0 aliphatic carbocycles. The van der Waals surface area contributed by atoms with E-state index in [9.17, 15) is 0 Å². The number of aryl methyl sites for hydroxylation is 1. The molecule has 0 amide bonds. The van der Waals surface area contributed by atoms with Crippen LogP contribution in [0.4, 0.5) is 0 Å². The zero-order valence-electron chi connectivity index (χ0n) is 16.0. The molecule has 1 fully saturated rings. The fourth-order valence-electron chi connectivity index (χ4n) is 3.10. The van der Waals surface area contributed by atoms with Gasteiger partial charge in [-0.05, 0) is 46.3 Å². The number of guanidine groups is 1. The van der Waals surface area contributed by atoms with E-state index in [2.05, 4.69) is 67.7 Å². The molecule has 0 aromatic heterocycles. The molecule has 0 radical (unpaired) electrons. The molecule has 1 heterocycles. The lowest BCUT2D eigenvalue weighted by Crippen LogP contribution is -2.57. The molecule has 0 atom stereocenters. The minimum Gasteiger partial charge on any atom is -0.381 e. The lowest BCUT2D eigenvalue weighted by molar-refractivity contribution is -0.00501. The summed E-state index contributed by atoms with van der Waals surface area (Å²) in [6.07, 6.45) is 2.09. The molecule has 142 valence electrons. The Kier molecular flexibility index (Phi) is 9.74. The Bertz CT molecular complexity index is 542. The van der Waals surface area contributed by atoms with Gasteiger partial charge in [-0.15, -0.1) is 24.0 Å². The third-order valence-electron chi connectivity index (χ3n) is 4.80. The van der Waals surface area contributed by atoms with Gasteiger partial charge in [0, 0.05) is 31.8 Å². The number of aliphatic imine (C=N–C) groups is 1. The van der Waals surface area contributed by atoms with Crippen molar-refractivity contribution >= 4 is 29.9 Å². The van der Waals surface area contributed by atoms with Crippen LogP contribution in [0.5, 0.6) is 0 Å². The minimum atomic E-state index is 0. The van der Waals surface area contributed by atoms with Gasteiger partial charge < -0.3 is 20.3 Å².